The molecule has 0 spiro atoms. The van der Waals surface area contributed by atoms with Crippen molar-refractivity contribution in [1.29, 1.82) is 0 Å². The van der Waals surface area contributed by atoms with E-state index in [1.807, 2.05) is 24.3 Å². The van der Waals surface area contributed by atoms with Crippen molar-refractivity contribution in [3.63, 3.8) is 0 Å². The van der Waals surface area contributed by atoms with E-state index in [4.69, 9.17) is 37.4 Å². The van der Waals surface area contributed by atoms with Gasteiger partial charge in [0.15, 0.2) is 11.8 Å². The van der Waals surface area contributed by atoms with Gasteiger partial charge in [-0.2, -0.15) is 0 Å². The maximum absolute atomic E-state index is 12.8. The summed E-state index contributed by atoms with van der Waals surface area (Å²) in [4.78, 5) is 12.8. The third kappa shape index (κ3) is 2.47. The summed E-state index contributed by atoms with van der Waals surface area (Å²) in [5, 5.41) is 4.20. The fourth-order valence-electron chi connectivity index (χ4n) is 3.73. The van der Waals surface area contributed by atoms with Gasteiger partial charge < -0.3 is 14.2 Å². The minimum atomic E-state index is -1.12. The maximum atomic E-state index is 12.8. The quantitative estimate of drug-likeness (QED) is 0.628. The molecule has 4 rings (SSSR count). The van der Waals surface area contributed by atoms with Crippen LogP contribution in [0.2, 0.25) is 10.0 Å². The Morgan fingerprint density at radius 3 is 2.35 bits per heavy atom. The van der Waals surface area contributed by atoms with Crippen molar-refractivity contribution in [2.75, 3.05) is 14.2 Å². The summed E-state index contributed by atoms with van der Waals surface area (Å²) in [5.74, 6) is -0.435. The third-order valence-electron chi connectivity index (χ3n) is 4.99. The van der Waals surface area contributed by atoms with Crippen molar-refractivity contribution < 1.29 is 19.0 Å². The normalized spacial score (nSPS) is 29.3. The van der Waals surface area contributed by atoms with E-state index in [1.54, 1.807) is 25.3 Å². The second-order valence-electron chi connectivity index (χ2n) is 6.29. The first-order valence-electron chi connectivity index (χ1n) is 8.11. The molecule has 26 heavy (non-hydrogen) atoms. The van der Waals surface area contributed by atoms with E-state index < -0.39 is 29.9 Å². The van der Waals surface area contributed by atoms with Gasteiger partial charge in [0, 0.05) is 28.3 Å². The van der Waals surface area contributed by atoms with Gasteiger partial charge in [0.25, 0.3) is 0 Å². The monoisotopic (exact) mass is 393 g/mol. The van der Waals surface area contributed by atoms with Gasteiger partial charge in [-0.15, -0.1) is 0 Å². The van der Waals surface area contributed by atoms with Gasteiger partial charge in [-0.05, 0) is 17.7 Å². The molecule has 2 aliphatic heterocycles. The Balaban J connectivity index is 1.81. The van der Waals surface area contributed by atoms with Gasteiger partial charge in [-0.1, -0.05) is 53.5 Å². The Morgan fingerprint density at radius 1 is 1.08 bits per heavy atom. The number of fused-ring (bicyclic) bond motifs is 1. The Kier molecular flexibility index (Phi) is 4.45. The van der Waals surface area contributed by atoms with Crippen molar-refractivity contribution in [3.05, 3.63) is 69.2 Å². The lowest BCUT2D eigenvalue weighted by Crippen LogP contribution is -2.37. The number of esters is 1. The molecule has 0 bridgehead atoms. The number of methoxy groups -OCH3 is 2. The number of halogens is 2. The number of carbonyl (C=O) groups excluding carboxylic acids is 1. The number of hydrogen-bond donors (Lipinski definition) is 1. The van der Waals surface area contributed by atoms with Crippen molar-refractivity contribution in [1.82, 2.24) is 5.32 Å². The highest BCUT2D eigenvalue weighted by Crippen LogP contribution is 2.58. The second kappa shape index (κ2) is 6.51. The Hall–Kier alpha value is -1.63. The van der Waals surface area contributed by atoms with Crippen LogP contribution >= 0.6 is 23.2 Å². The molecule has 1 saturated heterocycles. The summed E-state index contributed by atoms with van der Waals surface area (Å²) in [6.45, 7) is 0. The fraction of sp³-hybridized carbons (Fsp3) is 0.316. The van der Waals surface area contributed by atoms with Crippen LogP contribution in [0.4, 0.5) is 0 Å². The van der Waals surface area contributed by atoms with Crippen molar-refractivity contribution >= 4 is 29.2 Å². The van der Waals surface area contributed by atoms with Crippen LogP contribution < -0.4 is 5.32 Å². The Bertz CT molecular complexity index is 854. The molecule has 1 N–H and O–H groups in total. The molecule has 2 heterocycles. The minimum Gasteiger partial charge on any atom is -0.467 e. The molecule has 2 aromatic rings. The molecule has 0 amide bonds. The predicted molar refractivity (Wildman–Crippen MR) is 97.1 cm³/mol. The van der Waals surface area contributed by atoms with E-state index in [9.17, 15) is 4.79 Å². The van der Waals surface area contributed by atoms with Gasteiger partial charge in [-0.3, -0.25) is 5.32 Å². The molecule has 0 radical (unpaired) electrons. The number of carbonyl (C=O) groups is 1. The third-order valence-corrected chi connectivity index (χ3v) is 5.65. The van der Waals surface area contributed by atoms with E-state index >= 15 is 0 Å². The van der Waals surface area contributed by atoms with Gasteiger partial charge in [0.1, 0.15) is 6.10 Å². The Morgan fingerprint density at radius 2 is 1.73 bits per heavy atom. The molecule has 136 valence electrons. The van der Waals surface area contributed by atoms with Crippen LogP contribution in [0.1, 0.15) is 35.1 Å². The lowest BCUT2D eigenvalue weighted by molar-refractivity contribution is -0.168. The van der Waals surface area contributed by atoms with E-state index in [-0.39, 0.29) is 0 Å². The van der Waals surface area contributed by atoms with Gasteiger partial charge in [0.2, 0.25) is 0 Å². The first kappa shape index (κ1) is 17.8. The predicted octanol–water partition coefficient (Wildman–Crippen LogP) is 3.97. The van der Waals surface area contributed by atoms with E-state index in [2.05, 4.69) is 5.32 Å². The minimum absolute atomic E-state index is 0.426. The molecule has 1 fully saturated rings. The number of ether oxygens (including phenoxy) is 3. The molecule has 0 unspecified atom stereocenters. The number of hydrogen-bond acceptors (Lipinski definition) is 5. The largest absolute Gasteiger partial charge is 0.467 e. The van der Waals surface area contributed by atoms with Crippen LogP contribution in [0.15, 0.2) is 42.5 Å². The summed E-state index contributed by atoms with van der Waals surface area (Å²) in [5.41, 5.74) is 1.30. The smallest absolute Gasteiger partial charge is 0.331 e. The highest BCUT2D eigenvalue weighted by Gasteiger charge is 2.69. The maximum Gasteiger partial charge on any atom is 0.331 e. The standard InChI is InChI=1S/C19H17Cl2NO4/c1-24-17-11-7-4-3-6-10(11)16(26-17)19(18(23)25-2)15(22-19)14-12(20)8-5-9-13(14)21/h3-9,15-17,22H,1-2H3/t15-,16-,17-,19+/m0/s1. The second-order valence-corrected chi connectivity index (χ2v) is 7.10. The lowest BCUT2D eigenvalue weighted by Gasteiger charge is -2.22. The molecule has 7 heteroatoms. The van der Waals surface area contributed by atoms with E-state index in [1.165, 1.54) is 7.11 Å². The van der Waals surface area contributed by atoms with Crippen LogP contribution in [-0.4, -0.2) is 25.7 Å². The zero-order chi connectivity index (χ0) is 18.5. The van der Waals surface area contributed by atoms with E-state index in [0.29, 0.717) is 15.6 Å². The van der Waals surface area contributed by atoms with Crippen LogP contribution in [-0.2, 0) is 19.0 Å². The molecular weight excluding hydrogens is 377 g/mol. The first-order chi connectivity index (χ1) is 12.5. The van der Waals surface area contributed by atoms with Crippen molar-refractivity contribution in [2.45, 2.75) is 24.0 Å². The summed E-state index contributed by atoms with van der Waals surface area (Å²) < 4.78 is 16.6. The Labute approximate surface area is 161 Å². The average Bonchev–Trinajstić information content (AvgIpc) is 3.26. The van der Waals surface area contributed by atoms with Crippen molar-refractivity contribution in [2.24, 2.45) is 0 Å². The summed E-state index contributed by atoms with van der Waals surface area (Å²) in [7, 11) is 2.92. The first-order valence-corrected chi connectivity index (χ1v) is 8.87. The number of nitrogens with one attached hydrogen (secondary N) is 1. The summed E-state index contributed by atoms with van der Waals surface area (Å²) >= 11 is 12.7. The van der Waals surface area contributed by atoms with Crippen LogP contribution in [0, 0.1) is 0 Å². The average molecular weight is 394 g/mol. The van der Waals surface area contributed by atoms with Gasteiger partial charge >= 0.3 is 5.97 Å². The zero-order valence-electron chi connectivity index (χ0n) is 14.2. The van der Waals surface area contributed by atoms with Gasteiger partial charge in [-0.25, -0.2) is 4.79 Å². The van der Waals surface area contributed by atoms with Crippen LogP contribution in [0.5, 0.6) is 0 Å². The molecule has 0 saturated carbocycles. The molecular formula is C19H17Cl2NO4. The zero-order valence-corrected chi connectivity index (χ0v) is 15.7. The highest BCUT2D eigenvalue weighted by molar-refractivity contribution is 6.36. The molecule has 0 aromatic heterocycles. The fourth-order valence-corrected chi connectivity index (χ4v) is 4.35. The van der Waals surface area contributed by atoms with Crippen LogP contribution in [0.25, 0.3) is 0 Å². The van der Waals surface area contributed by atoms with Crippen molar-refractivity contribution in [3.8, 4) is 0 Å². The van der Waals surface area contributed by atoms with Gasteiger partial charge in [0.05, 0.1) is 13.2 Å². The molecule has 2 aliphatic rings. The number of benzene rings is 2. The van der Waals surface area contributed by atoms with Crippen LogP contribution in [0.3, 0.4) is 0 Å². The summed E-state index contributed by atoms with van der Waals surface area (Å²) in [6, 6.07) is 12.5. The lowest BCUT2D eigenvalue weighted by atomic mass is 9.88. The molecule has 0 aliphatic carbocycles. The highest BCUT2D eigenvalue weighted by atomic mass is 35.5. The SMILES string of the molecule is COC(=O)[C@@]1([C@H]2O[C@H](OC)c3ccccc32)N[C@H]1c1c(Cl)cccc1Cl. The topological polar surface area (TPSA) is 66.7 Å². The number of rotatable bonds is 4. The molecule has 2 aromatic carbocycles. The van der Waals surface area contributed by atoms with E-state index in [0.717, 1.165) is 11.1 Å². The molecule has 5 nitrogen and oxygen atoms in total. The molecule has 4 atom stereocenters. The summed E-state index contributed by atoms with van der Waals surface area (Å²) in [6.07, 6.45) is -1.14.